The molecule has 1 aliphatic heterocycles. The molecular formula is C15H31N3. The third kappa shape index (κ3) is 4.52. The Labute approximate surface area is 113 Å². The van der Waals surface area contributed by atoms with Crippen LogP contribution in [0.5, 0.6) is 0 Å². The average molecular weight is 253 g/mol. The number of nitrogens with zero attached hydrogens (tertiary/aromatic N) is 1. The third-order valence-corrected chi connectivity index (χ3v) is 4.63. The zero-order valence-electron chi connectivity index (χ0n) is 12.4. The summed E-state index contributed by atoms with van der Waals surface area (Å²) in [6, 6.07) is 2.92. The number of piperidine rings is 1. The Morgan fingerprint density at radius 1 is 1.22 bits per heavy atom. The number of likely N-dealkylation sites (N-methyl/N-ethyl adjacent to an activating group) is 1. The Morgan fingerprint density at radius 2 is 2.00 bits per heavy atom. The van der Waals surface area contributed by atoms with Crippen molar-refractivity contribution in [1.29, 1.82) is 0 Å². The van der Waals surface area contributed by atoms with E-state index in [4.69, 9.17) is 0 Å². The molecule has 0 aromatic rings. The average Bonchev–Trinajstić information content (AvgIpc) is 3.20. The monoisotopic (exact) mass is 253 g/mol. The first-order valence-corrected chi connectivity index (χ1v) is 7.85. The Kier molecular flexibility index (Phi) is 5.46. The van der Waals surface area contributed by atoms with E-state index in [1.165, 1.54) is 45.1 Å². The van der Waals surface area contributed by atoms with Gasteiger partial charge in [0, 0.05) is 30.7 Å². The third-order valence-electron chi connectivity index (χ3n) is 4.63. The van der Waals surface area contributed by atoms with Crippen LogP contribution in [0.15, 0.2) is 0 Å². The number of rotatable bonds is 7. The summed E-state index contributed by atoms with van der Waals surface area (Å²) in [5.74, 6) is 0. The fraction of sp³-hybridized carbons (Fsp3) is 1.00. The maximum absolute atomic E-state index is 3.71. The van der Waals surface area contributed by atoms with Crippen molar-refractivity contribution >= 4 is 0 Å². The van der Waals surface area contributed by atoms with Gasteiger partial charge in [0.25, 0.3) is 0 Å². The maximum atomic E-state index is 3.71. The van der Waals surface area contributed by atoms with Crippen LogP contribution in [0.1, 0.15) is 52.4 Å². The van der Waals surface area contributed by atoms with E-state index in [1.807, 2.05) is 0 Å². The van der Waals surface area contributed by atoms with Crippen molar-refractivity contribution in [2.75, 3.05) is 20.1 Å². The molecule has 1 heterocycles. The molecule has 2 rings (SSSR count). The van der Waals surface area contributed by atoms with E-state index in [1.54, 1.807) is 0 Å². The van der Waals surface area contributed by atoms with E-state index >= 15 is 0 Å². The summed E-state index contributed by atoms with van der Waals surface area (Å²) >= 11 is 0. The van der Waals surface area contributed by atoms with Crippen molar-refractivity contribution in [3.05, 3.63) is 0 Å². The van der Waals surface area contributed by atoms with Crippen LogP contribution in [-0.2, 0) is 0 Å². The van der Waals surface area contributed by atoms with Crippen molar-refractivity contribution < 1.29 is 0 Å². The molecule has 0 aromatic heterocycles. The van der Waals surface area contributed by atoms with Gasteiger partial charge in [-0.25, -0.2) is 0 Å². The lowest BCUT2D eigenvalue weighted by molar-refractivity contribution is 0.232. The van der Waals surface area contributed by atoms with Crippen LogP contribution in [0.25, 0.3) is 0 Å². The van der Waals surface area contributed by atoms with Crippen LogP contribution in [0.4, 0.5) is 0 Å². The smallest absolute Gasteiger partial charge is 0.0192 e. The van der Waals surface area contributed by atoms with E-state index in [9.17, 15) is 0 Å². The zero-order valence-corrected chi connectivity index (χ0v) is 12.4. The Morgan fingerprint density at radius 3 is 2.61 bits per heavy atom. The van der Waals surface area contributed by atoms with Gasteiger partial charge in [-0.05, 0) is 59.5 Å². The van der Waals surface area contributed by atoms with Crippen molar-refractivity contribution in [3.63, 3.8) is 0 Å². The standard InChI is InChI=1S/C15H31N3/c1-12(10-14-6-4-5-9-16-14)17-11-13(2)18(3)15-7-8-15/h12-17H,4-11H2,1-3H3. The minimum absolute atomic E-state index is 0.635. The number of hydrogen-bond donors (Lipinski definition) is 2. The summed E-state index contributed by atoms with van der Waals surface area (Å²) < 4.78 is 0. The Balaban J connectivity index is 1.59. The summed E-state index contributed by atoms with van der Waals surface area (Å²) in [6.45, 7) is 7.02. The minimum atomic E-state index is 0.635. The van der Waals surface area contributed by atoms with Crippen LogP contribution in [0.3, 0.4) is 0 Å². The van der Waals surface area contributed by atoms with Gasteiger partial charge >= 0.3 is 0 Å². The summed E-state index contributed by atoms with van der Waals surface area (Å²) in [5.41, 5.74) is 0. The molecule has 18 heavy (non-hydrogen) atoms. The highest BCUT2D eigenvalue weighted by molar-refractivity contribution is 4.86. The molecule has 106 valence electrons. The van der Waals surface area contributed by atoms with Crippen LogP contribution >= 0.6 is 0 Å². The van der Waals surface area contributed by atoms with Crippen molar-refractivity contribution in [2.24, 2.45) is 0 Å². The minimum Gasteiger partial charge on any atom is -0.314 e. The first kappa shape index (κ1) is 14.3. The van der Waals surface area contributed by atoms with Gasteiger partial charge in [-0.2, -0.15) is 0 Å². The molecule has 0 spiro atoms. The first-order valence-electron chi connectivity index (χ1n) is 7.85. The van der Waals surface area contributed by atoms with E-state index in [0.29, 0.717) is 12.1 Å². The predicted molar refractivity (Wildman–Crippen MR) is 78.0 cm³/mol. The molecule has 2 aliphatic rings. The van der Waals surface area contributed by atoms with Crippen molar-refractivity contribution in [2.45, 2.75) is 76.5 Å². The van der Waals surface area contributed by atoms with Crippen molar-refractivity contribution in [1.82, 2.24) is 15.5 Å². The molecule has 3 unspecified atom stereocenters. The molecule has 1 saturated carbocycles. The number of hydrogen-bond acceptors (Lipinski definition) is 3. The normalized spacial score (nSPS) is 28.3. The molecule has 0 radical (unpaired) electrons. The highest BCUT2D eigenvalue weighted by Gasteiger charge is 2.29. The van der Waals surface area contributed by atoms with E-state index in [0.717, 1.165) is 18.6 Å². The van der Waals surface area contributed by atoms with E-state index < -0.39 is 0 Å². The summed E-state index contributed by atoms with van der Waals surface area (Å²) in [6.07, 6.45) is 8.22. The summed E-state index contributed by atoms with van der Waals surface area (Å²) in [4.78, 5) is 2.54. The second-order valence-corrected chi connectivity index (χ2v) is 6.44. The number of nitrogens with one attached hydrogen (secondary N) is 2. The maximum Gasteiger partial charge on any atom is 0.0192 e. The molecule has 3 atom stereocenters. The summed E-state index contributed by atoms with van der Waals surface area (Å²) in [5, 5.41) is 7.35. The van der Waals surface area contributed by atoms with Crippen LogP contribution in [-0.4, -0.2) is 49.2 Å². The lowest BCUT2D eigenvalue weighted by Gasteiger charge is -2.29. The van der Waals surface area contributed by atoms with Gasteiger partial charge in [0.1, 0.15) is 0 Å². The second kappa shape index (κ2) is 6.88. The second-order valence-electron chi connectivity index (χ2n) is 6.44. The molecule has 1 saturated heterocycles. The molecule has 3 heteroatoms. The van der Waals surface area contributed by atoms with Gasteiger partial charge in [-0.3, -0.25) is 4.90 Å². The van der Waals surface area contributed by atoms with Crippen LogP contribution < -0.4 is 10.6 Å². The van der Waals surface area contributed by atoms with Crippen LogP contribution in [0, 0.1) is 0 Å². The fourth-order valence-corrected chi connectivity index (χ4v) is 2.99. The zero-order chi connectivity index (χ0) is 13.0. The molecule has 0 bridgehead atoms. The lowest BCUT2D eigenvalue weighted by atomic mass is 9.99. The van der Waals surface area contributed by atoms with Gasteiger partial charge in [0.2, 0.25) is 0 Å². The molecule has 1 aliphatic carbocycles. The highest BCUT2D eigenvalue weighted by atomic mass is 15.2. The first-order chi connectivity index (χ1) is 8.66. The largest absolute Gasteiger partial charge is 0.314 e. The Bertz CT molecular complexity index is 234. The Hall–Kier alpha value is -0.120. The van der Waals surface area contributed by atoms with Gasteiger partial charge in [0.05, 0.1) is 0 Å². The van der Waals surface area contributed by atoms with Gasteiger partial charge in [0.15, 0.2) is 0 Å². The molecule has 3 nitrogen and oxygen atoms in total. The highest BCUT2D eigenvalue weighted by Crippen LogP contribution is 2.26. The molecule has 2 fully saturated rings. The quantitative estimate of drug-likeness (QED) is 0.726. The van der Waals surface area contributed by atoms with Gasteiger partial charge < -0.3 is 10.6 Å². The summed E-state index contributed by atoms with van der Waals surface area (Å²) in [7, 11) is 2.28. The fourth-order valence-electron chi connectivity index (χ4n) is 2.99. The SMILES string of the molecule is CC(CC1CCCCN1)NCC(C)N(C)C1CC1. The van der Waals surface area contributed by atoms with E-state index in [2.05, 4.69) is 36.4 Å². The van der Waals surface area contributed by atoms with E-state index in [-0.39, 0.29) is 0 Å². The van der Waals surface area contributed by atoms with Crippen molar-refractivity contribution in [3.8, 4) is 0 Å². The lowest BCUT2D eigenvalue weighted by Crippen LogP contribution is -2.44. The van der Waals surface area contributed by atoms with Gasteiger partial charge in [-0.15, -0.1) is 0 Å². The molecule has 0 aromatic carbocycles. The van der Waals surface area contributed by atoms with Gasteiger partial charge in [-0.1, -0.05) is 6.42 Å². The predicted octanol–water partition coefficient (Wildman–Crippen LogP) is 1.98. The molecule has 2 N–H and O–H groups in total. The molecular weight excluding hydrogens is 222 g/mol. The molecule has 0 amide bonds. The van der Waals surface area contributed by atoms with Crippen LogP contribution in [0.2, 0.25) is 0 Å². The topological polar surface area (TPSA) is 27.3 Å².